The number of nitrogens with two attached hydrogens (primary N) is 1. The first-order chi connectivity index (χ1) is 25.4. The number of nitrogens with one attached hydrogen (secondary N) is 1. The van der Waals surface area contributed by atoms with Crippen LogP contribution in [0.1, 0.15) is 92.6 Å². The molecule has 4 saturated carbocycles. The predicted molar refractivity (Wildman–Crippen MR) is 204 cm³/mol. The lowest BCUT2D eigenvalue weighted by Gasteiger charge is -2.59. The maximum atomic E-state index is 14.4. The number of aliphatic hydroxyl groups is 1. The van der Waals surface area contributed by atoms with Crippen LogP contribution in [0.25, 0.3) is 16.9 Å². The number of aliphatic carboxylic acids is 1. The number of hydrogen-bond donors (Lipinski definition) is 4. The first-order valence-corrected chi connectivity index (χ1v) is 19.2. The van der Waals surface area contributed by atoms with Gasteiger partial charge in [-0.15, -0.1) is 0 Å². The zero-order chi connectivity index (χ0) is 38.0. The standard InChI is InChI=1S/C41H58N6O6/c1-25(2)31-23-28(39(49)46(16-8-14-42)17-9-15-45(3)4)12-13-33(31)47-34(37-35(52-5)10-7-11-36(37)53-6)24-32(44-47)38(48)43-41(40(50)51)29-19-26-18-27(21-29)22-30(41)20-26/h7,10-13,23-27,29-30,39,49H,8-9,14-22,42H2,1-6H3,(H,43,48)(H,50,51). The van der Waals surface area contributed by atoms with Crippen LogP contribution < -0.4 is 20.5 Å². The molecule has 53 heavy (non-hydrogen) atoms. The molecule has 2 aromatic carbocycles. The number of carboxylic acid groups (broad SMARTS) is 1. The highest BCUT2D eigenvalue weighted by molar-refractivity contribution is 5.98. The van der Waals surface area contributed by atoms with Crippen LogP contribution in [0.4, 0.5) is 0 Å². The summed E-state index contributed by atoms with van der Waals surface area (Å²) in [6.07, 6.45) is 5.30. The number of ether oxygens (including phenoxy) is 2. The van der Waals surface area contributed by atoms with Crippen molar-refractivity contribution in [2.24, 2.45) is 29.4 Å². The van der Waals surface area contributed by atoms with Crippen LogP contribution >= 0.6 is 0 Å². The second-order valence-corrected chi connectivity index (χ2v) is 16.0. The highest BCUT2D eigenvalue weighted by Crippen LogP contribution is 2.58. The Morgan fingerprint density at radius 3 is 2.13 bits per heavy atom. The number of benzene rings is 2. The topological polar surface area (TPSA) is 155 Å². The van der Waals surface area contributed by atoms with E-state index in [1.807, 2.05) is 50.5 Å². The molecule has 12 heteroatoms. The maximum Gasteiger partial charge on any atom is 0.330 e. The van der Waals surface area contributed by atoms with E-state index < -0.39 is 23.6 Å². The average molecular weight is 731 g/mol. The van der Waals surface area contributed by atoms with Crippen molar-refractivity contribution in [3.8, 4) is 28.4 Å². The molecule has 1 unspecified atom stereocenters. The van der Waals surface area contributed by atoms with E-state index in [-0.39, 0.29) is 23.4 Å². The quantitative estimate of drug-likeness (QED) is 0.135. The van der Waals surface area contributed by atoms with Gasteiger partial charge in [-0.2, -0.15) is 5.10 Å². The van der Waals surface area contributed by atoms with E-state index in [2.05, 4.69) is 29.0 Å². The largest absolute Gasteiger partial charge is 0.496 e. The Balaban J connectivity index is 1.43. The normalized spacial score (nSPS) is 23.9. The van der Waals surface area contributed by atoms with Crippen LogP contribution in [-0.2, 0) is 4.79 Å². The minimum Gasteiger partial charge on any atom is -0.496 e. The van der Waals surface area contributed by atoms with Crippen molar-refractivity contribution in [2.45, 2.75) is 76.5 Å². The van der Waals surface area contributed by atoms with E-state index >= 15 is 0 Å². The summed E-state index contributed by atoms with van der Waals surface area (Å²) < 4.78 is 13.4. The summed E-state index contributed by atoms with van der Waals surface area (Å²) in [5, 5.41) is 30.5. The van der Waals surface area contributed by atoms with Crippen LogP contribution in [0.5, 0.6) is 11.5 Å². The number of hydrogen-bond acceptors (Lipinski definition) is 9. The molecule has 3 aromatic rings. The zero-order valence-electron chi connectivity index (χ0n) is 32.2. The molecule has 4 bridgehead atoms. The van der Waals surface area contributed by atoms with E-state index in [0.29, 0.717) is 54.2 Å². The molecule has 0 saturated heterocycles. The predicted octanol–water partition coefficient (Wildman–Crippen LogP) is 5.28. The van der Waals surface area contributed by atoms with Gasteiger partial charge in [-0.05, 0) is 143 Å². The number of aromatic nitrogens is 2. The fourth-order valence-corrected chi connectivity index (χ4v) is 9.58. The summed E-state index contributed by atoms with van der Waals surface area (Å²) >= 11 is 0. The van der Waals surface area contributed by atoms with Crippen molar-refractivity contribution in [2.75, 3.05) is 54.5 Å². The molecule has 5 N–H and O–H groups in total. The second kappa shape index (κ2) is 16.2. The third kappa shape index (κ3) is 7.56. The summed E-state index contributed by atoms with van der Waals surface area (Å²) in [5.41, 5.74) is 8.22. The molecular formula is C41H58N6O6. The number of nitrogens with zero attached hydrogens (tertiary/aromatic N) is 4. The van der Waals surface area contributed by atoms with Crippen molar-refractivity contribution in [1.82, 2.24) is 24.9 Å². The number of methoxy groups -OCH3 is 2. The van der Waals surface area contributed by atoms with Gasteiger partial charge in [-0.1, -0.05) is 26.0 Å². The van der Waals surface area contributed by atoms with Crippen LogP contribution in [-0.4, -0.2) is 102 Å². The molecule has 4 aliphatic carbocycles. The summed E-state index contributed by atoms with van der Waals surface area (Å²) in [7, 11) is 7.25. The van der Waals surface area contributed by atoms with E-state index in [0.717, 1.165) is 61.9 Å². The lowest BCUT2D eigenvalue weighted by atomic mass is 9.48. The van der Waals surface area contributed by atoms with Gasteiger partial charge in [0.25, 0.3) is 5.91 Å². The Kier molecular flexibility index (Phi) is 11.8. The molecule has 4 fully saturated rings. The Morgan fingerprint density at radius 2 is 1.58 bits per heavy atom. The monoisotopic (exact) mass is 730 g/mol. The molecule has 0 aliphatic heterocycles. The lowest BCUT2D eigenvalue weighted by Crippen LogP contribution is -2.70. The van der Waals surface area contributed by atoms with Gasteiger partial charge in [0.1, 0.15) is 23.3 Å². The number of carbonyl (C=O) groups excluding carboxylic acids is 1. The van der Waals surface area contributed by atoms with Crippen molar-refractivity contribution in [3.63, 3.8) is 0 Å². The van der Waals surface area contributed by atoms with Gasteiger partial charge in [0.05, 0.1) is 31.2 Å². The molecule has 0 radical (unpaired) electrons. The van der Waals surface area contributed by atoms with Gasteiger partial charge in [0.15, 0.2) is 5.69 Å². The van der Waals surface area contributed by atoms with E-state index in [4.69, 9.17) is 20.3 Å². The molecule has 4 aliphatic rings. The molecule has 1 atom stereocenters. The van der Waals surface area contributed by atoms with Crippen molar-refractivity contribution in [1.29, 1.82) is 0 Å². The summed E-state index contributed by atoms with van der Waals surface area (Å²) in [4.78, 5) is 31.7. The van der Waals surface area contributed by atoms with Crippen molar-refractivity contribution >= 4 is 11.9 Å². The van der Waals surface area contributed by atoms with Crippen LogP contribution in [0.15, 0.2) is 42.5 Å². The SMILES string of the molecule is COc1cccc(OC)c1-c1cc(C(=O)NC2(C(=O)O)C3CC4CC(C3)CC2C4)nn1-c1ccc(C(O)N(CCCN)CCCN(C)C)cc1C(C)C. The van der Waals surface area contributed by atoms with Gasteiger partial charge in [0.2, 0.25) is 0 Å². The molecular weight excluding hydrogens is 672 g/mol. The van der Waals surface area contributed by atoms with Gasteiger partial charge in [0, 0.05) is 13.1 Å². The minimum absolute atomic E-state index is 0.0144. The smallest absolute Gasteiger partial charge is 0.330 e. The van der Waals surface area contributed by atoms with Crippen molar-refractivity contribution in [3.05, 3.63) is 59.3 Å². The Labute approximate surface area is 313 Å². The molecule has 1 amide bonds. The molecule has 0 spiro atoms. The molecule has 12 nitrogen and oxygen atoms in total. The minimum atomic E-state index is -1.32. The number of rotatable bonds is 17. The molecule has 7 rings (SSSR count). The lowest BCUT2D eigenvalue weighted by molar-refractivity contribution is -0.163. The Morgan fingerprint density at radius 1 is 0.962 bits per heavy atom. The molecule has 1 aromatic heterocycles. The van der Waals surface area contributed by atoms with Crippen LogP contribution in [0, 0.1) is 23.7 Å². The summed E-state index contributed by atoms with van der Waals surface area (Å²) in [6.45, 7) is 6.99. The van der Waals surface area contributed by atoms with Gasteiger partial charge in [-0.3, -0.25) is 9.69 Å². The van der Waals surface area contributed by atoms with E-state index in [1.54, 1.807) is 25.0 Å². The van der Waals surface area contributed by atoms with Gasteiger partial charge >= 0.3 is 5.97 Å². The van der Waals surface area contributed by atoms with Crippen LogP contribution in [0.2, 0.25) is 0 Å². The number of carbonyl (C=O) groups is 2. The highest BCUT2D eigenvalue weighted by Gasteiger charge is 2.62. The van der Waals surface area contributed by atoms with E-state index in [1.165, 1.54) is 6.42 Å². The molecule has 1 heterocycles. The first kappa shape index (κ1) is 38.7. The Bertz CT molecular complexity index is 1720. The number of carboxylic acids is 1. The van der Waals surface area contributed by atoms with Crippen LogP contribution in [0.3, 0.4) is 0 Å². The van der Waals surface area contributed by atoms with Gasteiger partial charge in [-0.25, -0.2) is 9.48 Å². The van der Waals surface area contributed by atoms with E-state index in [9.17, 15) is 19.8 Å². The number of aliphatic hydroxyl groups excluding tert-OH is 1. The summed E-state index contributed by atoms with van der Waals surface area (Å²) in [6, 6.07) is 13.1. The number of amides is 1. The molecule has 288 valence electrons. The van der Waals surface area contributed by atoms with Crippen molar-refractivity contribution < 1.29 is 29.3 Å². The summed E-state index contributed by atoms with van der Waals surface area (Å²) in [5.74, 6) is 0.480. The fourth-order valence-electron chi connectivity index (χ4n) is 9.58. The fraction of sp³-hybridized carbons (Fsp3) is 0.585. The maximum absolute atomic E-state index is 14.4. The average Bonchev–Trinajstić information content (AvgIpc) is 3.58. The third-order valence-electron chi connectivity index (χ3n) is 12.0. The zero-order valence-corrected chi connectivity index (χ0v) is 32.2. The first-order valence-electron chi connectivity index (χ1n) is 19.2. The van der Waals surface area contributed by atoms with Gasteiger partial charge < -0.3 is 35.6 Å². The Hall–Kier alpha value is -3.97. The third-order valence-corrected chi connectivity index (χ3v) is 12.0. The second-order valence-electron chi connectivity index (χ2n) is 16.0. The highest BCUT2D eigenvalue weighted by atomic mass is 16.5.